The van der Waals surface area contributed by atoms with Gasteiger partial charge in [0.05, 0.1) is 31.2 Å². The molecule has 2 aromatic carbocycles. The maximum absolute atomic E-state index is 6.57. The summed E-state index contributed by atoms with van der Waals surface area (Å²) in [5, 5.41) is 7.33. The summed E-state index contributed by atoms with van der Waals surface area (Å²) in [5.74, 6) is 2.37. The van der Waals surface area contributed by atoms with Crippen molar-refractivity contribution in [2.75, 3.05) is 57.1 Å². The molecule has 3 heterocycles. The van der Waals surface area contributed by atoms with Crippen LogP contribution in [0.4, 0.5) is 23.1 Å². The molecule has 3 aromatic rings. The third kappa shape index (κ3) is 7.23. The van der Waals surface area contributed by atoms with Crippen LogP contribution in [-0.2, 0) is 11.3 Å². The van der Waals surface area contributed by atoms with Gasteiger partial charge in [-0.05, 0) is 94.6 Å². The van der Waals surface area contributed by atoms with E-state index in [-0.39, 0.29) is 6.10 Å². The van der Waals surface area contributed by atoms with Gasteiger partial charge in [-0.25, -0.2) is 4.98 Å². The number of morpholine rings is 1. The molecule has 2 N–H and O–H groups in total. The zero-order valence-corrected chi connectivity index (χ0v) is 24.8. The molecule has 9 heteroatoms. The molecule has 0 atom stereocenters. The fraction of sp³-hybridized carbons (Fsp3) is 0.484. The van der Waals surface area contributed by atoms with E-state index in [2.05, 4.69) is 69.7 Å². The van der Waals surface area contributed by atoms with Crippen molar-refractivity contribution in [1.82, 2.24) is 19.8 Å². The Morgan fingerprint density at radius 3 is 2.55 bits per heavy atom. The monoisotopic (exact) mass is 564 g/mol. The molecule has 0 saturated carbocycles. The third-order valence-electron chi connectivity index (χ3n) is 7.65. The first-order valence-corrected chi connectivity index (χ1v) is 14.7. The molecule has 214 valence electrons. The van der Waals surface area contributed by atoms with Gasteiger partial charge in [-0.1, -0.05) is 29.8 Å². The van der Waals surface area contributed by atoms with Crippen molar-refractivity contribution in [2.45, 2.75) is 52.2 Å². The van der Waals surface area contributed by atoms with Crippen LogP contribution in [0.2, 0.25) is 5.02 Å². The standard InChI is InChI=1S/C31H41ClN6O2/c1-21(2)40-29-18-25(23-9-11-37(4)12-10-23)22(3)17-28(29)35-31-33-19-26(32)30(36-31)34-27-8-6-5-7-24(27)20-38-13-15-39-16-14-38/h5-8,17-19,21,23H,9-16,20H2,1-4H3,(H2,33,34,35,36). The van der Waals surface area contributed by atoms with Crippen LogP contribution < -0.4 is 15.4 Å². The summed E-state index contributed by atoms with van der Waals surface area (Å²) >= 11 is 6.57. The van der Waals surface area contributed by atoms with Gasteiger partial charge < -0.3 is 25.0 Å². The fourth-order valence-electron chi connectivity index (χ4n) is 5.46. The first-order chi connectivity index (χ1) is 19.4. The SMILES string of the molecule is Cc1cc(Nc2ncc(Cl)c(Nc3ccccc3CN3CCOCC3)n2)c(OC(C)C)cc1C1CCN(C)CC1. The van der Waals surface area contributed by atoms with Gasteiger partial charge in [0.1, 0.15) is 10.8 Å². The lowest BCUT2D eigenvalue weighted by Gasteiger charge is -2.30. The molecular weight excluding hydrogens is 524 g/mol. The van der Waals surface area contributed by atoms with Crippen molar-refractivity contribution < 1.29 is 9.47 Å². The van der Waals surface area contributed by atoms with Crippen LogP contribution in [0, 0.1) is 6.92 Å². The molecule has 2 aliphatic heterocycles. The highest BCUT2D eigenvalue weighted by Gasteiger charge is 2.22. The average molecular weight is 565 g/mol. The fourth-order valence-corrected chi connectivity index (χ4v) is 5.59. The Morgan fingerprint density at radius 2 is 1.80 bits per heavy atom. The van der Waals surface area contributed by atoms with Crippen molar-refractivity contribution in [1.29, 1.82) is 0 Å². The molecule has 0 radical (unpaired) electrons. The quantitative estimate of drug-likeness (QED) is 0.311. The van der Waals surface area contributed by atoms with Crippen molar-refractivity contribution >= 4 is 34.7 Å². The van der Waals surface area contributed by atoms with Crippen LogP contribution in [0.15, 0.2) is 42.6 Å². The predicted molar refractivity (Wildman–Crippen MR) is 163 cm³/mol. The van der Waals surface area contributed by atoms with Gasteiger partial charge in [0.25, 0.3) is 0 Å². The van der Waals surface area contributed by atoms with E-state index in [1.807, 2.05) is 19.9 Å². The van der Waals surface area contributed by atoms with E-state index in [0.717, 1.165) is 75.9 Å². The highest BCUT2D eigenvalue weighted by atomic mass is 35.5. The lowest BCUT2D eigenvalue weighted by molar-refractivity contribution is 0.0343. The van der Waals surface area contributed by atoms with E-state index < -0.39 is 0 Å². The minimum Gasteiger partial charge on any atom is -0.489 e. The Morgan fingerprint density at radius 1 is 1.05 bits per heavy atom. The van der Waals surface area contributed by atoms with Crippen LogP contribution >= 0.6 is 11.6 Å². The molecule has 0 bridgehead atoms. The summed E-state index contributed by atoms with van der Waals surface area (Å²) in [6.07, 6.45) is 3.99. The van der Waals surface area contributed by atoms with Gasteiger partial charge in [0.2, 0.25) is 5.95 Å². The van der Waals surface area contributed by atoms with Gasteiger partial charge in [0.15, 0.2) is 5.82 Å². The second kappa shape index (κ2) is 13.2. The third-order valence-corrected chi connectivity index (χ3v) is 7.92. The number of benzene rings is 2. The van der Waals surface area contributed by atoms with Gasteiger partial charge in [-0.2, -0.15) is 4.98 Å². The number of nitrogens with zero attached hydrogens (tertiary/aromatic N) is 4. The van der Waals surface area contributed by atoms with Crippen LogP contribution in [0.3, 0.4) is 0 Å². The summed E-state index contributed by atoms with van der Waals surface area (Å²) in [7, 11) is 2.20. The molecule has 2 saturated heterocycles. The maximum atomic E-state index is 6.57. The van der Waals surface area contributed by atoms with E-state index in [0.29, 0.717) is 22.7 Å². The van der Waals surface area contributed by atoms with E-state index in [1.54, 1.807) is 6.20 Å². The van der Waals surface area contributed by atoms with Gasteiger partial charge in [-0.15, -0.1) is 0 Å². The summed E-state index contributed by atoms with van der Waals surface area (Å²) in [6.45, 7) is 12.7. The summed E-state index contributed by atoms with van der Waals surface area (Å²) in [4.78, 5) is 14.0. The average Bonchev–Trinajstić information content (AvgIpc) is 2.94. The second-order valence-electron chi connectivity index (χ2n) is 11.1. The van der Waals surface area contributed by atoms with Crippen molar-refractivity contribution in [3.63, 3.8) is 0 Å². The molecule has 8 nitrogen and oxygen atoms in total. The smallest absolute Gasteiger partial charge is 0.229 e. The normalized spacial score (nSPS) is 17.2. The molecular formula is C31H41ClN6O2. The number of nitrogens with one attached hydrogen (secondary N) is 2. The number of piperidine rings is 1. The van der Waals surface area contributed by atoms with Crippen molar-refractivity contribution in [2.24, 2.45) is 0 Å². The lowest BCUT2D eigenvalue weighted by atomic mass is 9.86. The molecule has 2 aliphatic rings. The van der Waals surface area contributed by atoms with Crippen LogP contribution in [0.5, 0.6) is 5.75 Å². The molecule has 1 aromatic heterocycles. The molecule has 5 rings (SSSR count). The largest absolute Gasteiger partial charge is 0.489 e. The molecule has 2 fully saturated rings. The first-order valence-electron chi connectivity index (χ1n) is 14.3. The number of hydrogen-bond acceptors (Lipinski definition) is 8. The Bertz CT molecular complexity index is 1290. The second-order valence-corrected chi connectivity index (χ2v) is 11.5. The minimum absolute atomic E-state index is 0.0416. The van der Waals surface area contributed by atoms with Crippen LogP contribution in [0.25, 0.3) is 0 Å². The number of aromatic nitrogens is 2. The zero-order valence-electron chi connectivity index (χ0n) is 24.0. The number of likely N-dealkylation sites (tertiary alicyclic amines) is 1. The van der Waals surface area contributed by atoms with Crippen LogP contribution in [-0.4, -0.2) is 72.3 Å². The predicted octanol–water partition coefficient (Wildman–Crippen LogP) is 6.35. The first kappa shape index (κ1) is 28.6. The molecule has 0 amide bonds. The van der Waals surface area contributed by atoms with Gasteiger partial charge >= 0.3 is 0 Å². The molecule has 0 spiro atoms. The minimum atomic E-state index is 0.0416. The Labute approximate surface area is 243 Å². The summed E-state index contributed by atoms with van der Waals surface area (Å²) in [5.41, 5.74) is 5.62. The molecule has 40 heavy (non-hydrogen) atoms. The number of para-hydroxylation sites is 1. The topological polar surface area (TPSA) is 74.8 Å². The lowest BCUT2D eigenvalue weighted by Crippen LogP contribution is -2.35. The Balaban J connectivity index is 1.38. The van der Waals surface area contributed by atoms with E-state index in [9.17, 15) is 0 Å². The van der Waals surface area contributed by atoms with E-state index >= 15 is 0 Å². The van der Waals surface area contributed by atoms with Crippen molar-refractivity contribution in [3.05, 3.63) is 64.3 Å². The zero-order chi connectivity index (χ0) is 28.1. The highest BCUT2D eigenvalue weighted by molar-refractivity contribution is 6.32. The Hall–Kier alpha value is -2.91. The molecule has 0 aliphatic carbocycles. The number of ether oxygens (including phenoxy) is 2. The number of rotatable bonds is 9. The number of anilines is 4. The highest BCUT2D eigenvalue weighted by Crippen LogP contribution is 2.38. The summed E-state index contributed by atoms with van der Waals surface area (Å²) < 4.78 is 11.8. The van der Waals surface area contributed by atoms with Gasteiger partial charge in [-0.3, -0.25) is 4.90 Å². The maximum Gasteiger partial charge on any atom is 0.229 e. The van der Waals surface area contributed by atoms with Crippen molar-refractivity contribution in [3.8, 4) is 5.75 Å². The van der Waals surface area contributed by atoms with E-state index in [1.165, 1.54) is 16.7 Å². The van der Waals surface area contributed by atoms with Crippen LogP contribution in [0.1, 0.15) is 49.3 Å². The summed E-state index contributed by atoms with van der Waals surface area (Å²) in [6, 6.07) is 12.6. The number of halogens is 1. The van der Waals surface area contributed by atoms with E-state index in [4.69, 9.17) is 26.1 Å². The Kier molecular flexibility index (Phi) is 9.42. The molecule has 0 unspecified atom stereocenters. The number of hydrogen-bond donors (Lipinski definition) is 2. The van der Waals surface area contributed by atoms with Gasteiger partial charge in [0, 0.05) is 25.3 Å². The number of aryl methyl sites for hydroxylation is 1.